The molecule has 1 unspecified atom stereocenters. The molecule has 0 aliphatic rings. The number of pyridine rings is 1. The molecule has 2 nitrogen and oxygen atoms in total. The minimum absolute atomic E-state index is 0.599. The highest BCUT2D eigenvalue weighted by Crippen LogP contribution is 2.20. The normalized spacial score (nSPS) is 13.1. The number of hydrogen-bond acceptors (Lipinski definition) is 2. The predicted octanol–water partition coefficient (Wildman–Crippen LogP) is 3.80. The Balaban J connectivity index is 2.13. The fourth-order valence-electron chi connectivity index (χ4n) is 2.65. The van der Waals surface area contributed by atoms with Gasteiger partial charge in [0.2, 0.25) is 0 Å². The lowest BCUT2D eigenvalue weighted by Crippen LogP contribution is -2.34. The first-order chi connectivity index (χ1) is 9.22. The van der Waals surface area contributed by atoms with Crippen molar-refractivity contribution < 1.29 is 0 Å². The Labute approximate surface area is 116 Å². The van der Waals surface area contributed by atoms with Crippen molar-refractivity contribution in [1.29, 1.82) is 0 Å². The lowest BCUT2D eigenvalue weighted by molar-refractivity contribution is 0.385. The van der Waals surface area contributed by atoms with Gasteiger partial charge in [0, 0.05) is 23.8 Å². The third-order valence-corrected chi connectivity index (χ3v) is 3.77. The van der Waals surface area contributed by atoms with Gasteiger partial charge in [0.15, 0.2) is 0 Å². The van der Waals surface area contributed by atoms with Crippen molar-refractivity contribution >= 4 is 10.8 Å². The lowest BCUT2D eigenvalue weighted by atomic mass is 9.94. The van der Waals surface area contributed by atoms with Gasteiger partial charge < -0.3 is 5.32 Å². The molecule has 1 aromatic carbocycles. The molecule has 0 spiro atoms. The Morgan fingerprint density at radius 1 is 1.21 bits per heavy atom. The van der Waals surface area contributed by atoms with Crippen LogP contribution >= 0.6 is 0 Å². The number of rotatable bonds is 6. The molecule has 2 rings (SSSR count). The van der Waals surface area contributed by atoms with Crippen molar-refractivity contribution in [2.45, 2.75) is 39.7 Å². The first-order valence-corrected chi connectivity index (χ1v) is 7.27. The maximum atomic E-state index is 4.19. The molecular formula is C17H24N2. The monoisotopic (exact) mass is 256 g/mol. The standard InChI is InChI=1S/C17H24N2/c1-4-19-17(13(2)3)9-8-14-6-5-7-15-12-18-11-10-16(14)15/h5-7,10-13,17,19H,4,8-9H2,1-3H3. The van der Waals surface area contributed by atoms with Crippen LogP contribution < -0.4 is 5.32 Å². The molecule has 0 amide bonds. The molecular weight excluding hydrogens is 232 g/mol. The van der Waals surface area contributed by atoms with Crippen molar-refractivity contribution in [3.63, 3.8) is 0 Å². The van der Waals surface area contributed by atoms with E-state index in [2.05, 4.69) is 55.3 Å². The number of fused-ring (bicyclic) bond motifs is 1. The van der Waals surface area contributed by atoms with E-state index in [9.17, 15) is 0 Å². The number of hydrogen-bond donors (Lipinski definition) is 1. The van der Waals surface area contributed by atoms with Crippen LogP contribution in [0.1, 0.15) is 32.8 Å². The van der Waals surface area contributed by atoms with Gasteiger partial charge >= 0.3 is 0 Å². The molecule has 0 aliphatic carbocycles. The Bertz CT molecular complexity index is 514. The van der Waals surface area contributed by atoms with E-state index < -0.39 is 0 Å². The SMILES string of the molecule is CCNC(CCc1cccc2cnccc12)C(C)C. The van der Waals surface area contributed by atoms with Gasteiger partial charge in [0.1, 0.15) is 0 Å². The summed E-state index contributed by atoms with van der Waals surface area (Å²) in [5.74, 6) is 0.677. The predicted molar refractivity (Wildman–Crippen MR) is 82.4 cm³/mol. The minimum Gasteiger partial charge on any atom is -0.314 e. The van der Waals surface area contributed by atoms with Crippen LogP contribution in [0.15, 0.2) is 36.7 Å². The van der Waals surface area contributed by atoms with Crippen molar-refractivity contribution in [3.05, 3.63) is 42.2 Å². The molecule has 0 saturated carbocycles. The van der Waals surface area contributed by atoms with E-state index >= 15 is 0 Å². The Morgan fingerprint density at radius 2 is 2.05 bits per heavy atom. The van der Waals surface area contributed by atoms with Crippen LogP contribution in [0.5, 0.6) is 0 Å². The maximum Gasteiger partial charge on any atom is 0.0346 e. The molecule has 1 aromatic heterocycles. The van der Waals surface area contributed by atoms with Gasteiger partial charge in [-0.05, 0) is 42.3 Å². The van der Waals surface area contributed by atoms with Gasteiger partial charge in [0.05, 0.1) is 0 Å². The third kappa shape index (κ3) is 3.54. The van der Waals surface area contributed by atoms with Gasteiger partial charge in [-0.2, -0.15) is 0 Å². The number of nitrogens with zero attached hydrogens (tertiary/aromatic N) is 1. The number of nitrogens with one attached hydrogen (secondary N) is 1. The van der Waals surface area contributed by atoms with Gasteiger partial charge in [-0.25, -0.2) is 0 Å². The molecule has 0 bridgehead atoms. The maximum absolute atomic E-state index is 4.19. The van der Waals surface area contributed by atoms with Crippen LogP contribution in [0.4, 0.5) is 0 Å². The van der Waals surface area contributed by atoms with Crippen molar-refractivity contribution in [3.8, 4) is 0 Å². The topological polar surface area (TPSA) is 24.9 Å². The summed E-state index contributed by atoms with van der Waals surface area (Å²) in [4.78, 5) is 4.19. The summed E-state index contributed by atoms with van der Waals surface area (Å²) in [6.45, 7) is 7.81. The van der Waals surface area contributed by atoms with Crippen molar-refractivity contribution in [2.24, 2.45) is 5.92 Å². The number of aryl methyl sites for hydroxylation is 1. The van der Waals surface area contributed by atoms with E-state index in [1.807, 2.05) is 12.4 Å². The highest BCUT2D eigenvalue weighted by Gasteiger charge is 2.12. The molecule has 0 fully saturated rings. The Hall–Kier alpha value is -1.41. The summed E-state index contributed by atoms with van der Waals surface area (Å²) in [5.41, 5.74) is 1.43. The van der Waals surface area contributed by atoms with E-state index in [-0.39, 0.29) is 0 Å². The summed E-state index contributed by atoms with van der Waals surface area (Å²) in [5, 5.41) is 6.17. The summed E-state index contributed by atoms with van der Waals surface area (Å²) in [6, 6.07) is 9.24. The molecule has 1 heterocycles. The summed E-state index contributed by atoms with van der Waals surface area (Å²) >= 11 is 0. The van der Waals surface area contributed by atoms with Crippen LogP contribution in [0.25, 0.3) is 10.8 Å². The molecule has 19 heavy (non-hydrogen) atoms. The molecule has 2 heteroatoms. The van der Waals surface area contributed by atoms with Gasteiger partial charge in [0.25, 0.3) is 0 Å². The molecule has 2 aromatic rings. The van der Waals surface area contributed by atoms with Crippen LogP contribution in [-0.2, 0) is 6.42 Å². The van der Waals surface area contributed by atoms with E-state index in [1.54, 1.807) is 0 Å². The second kappa shape index (κ2) is 6.67. The second-order valence-corrected chi connectivity index (χ2v) is 5.46. The molecule has 1 atom stereocenters. The molecule has 1 N–H and O–H groups in total. The quantitative estimate of drug-likeness (QED) is 0.850. The zero-order valence-corrected chi connectivity index (χ0v) is 12.2. The zero-order chi connectivity index (χ0) is 13.7. The number of benzene rings is 1. The first-order valence-electron chi connectivity index (χ1n) is 7.27. The van der Waals surface area contributed by atoms with Crippen LogP contribution in [0.3, 0.4) is 0 Å². The largest absolute Gasteiger partial charge is 0.314 e. The van der Waals surface area contributed by atoms with E-state index in [0.717, 1.165) is 13.0 Å². The Morgan fingerprint density at radius 3 is 2.79 bits per heavy atom. The molecule has 0 aliphatic heterocycles. The van der Waals surface area contributed by atoms with Crippen LogP contribution in [-0.4, -0.2) is 17.6 Å². The highest BCUT2D eigenvalue weighted by molar-refractivity contribution is 5.84. The summed E-state index contributed by atoms with van der Waals surface area (Å²) < 4.78 is 0. The highest BCUT2D eigenvalue weighted by atomic mass is 14.9. The molecule has 102 valence electrons. The van der Waals surface area contributed by atoms with Gasteiger partial charge in [-0.15, -0.1) is 0 Å². The second-order valence-electron chi connectivity index (χ2n) is 5.46. The first kappa shape index (κ1) is 14.0. The van der Waals surface area contributed by atoms with E-state index in [1.165, 1.54) is 22.8 Å². The average Bonchev–Trinajstić information content (AvgIpc) is 2.43. The molecule has 0 saturated heterocycles. The minimum atomic E-state index is 0.599. The third-order valence-electron chi connectivity index (χ3n) is 3.77. The fourth-order valence-corrected chi connectivity index (χ4v) is 2.65. The number of aromatic nitrogens is 1. The van der Waals surface area contributed by atoms with Gasteiger partial charge in [-0.3, -0.25) is 4.98 Å². The van der Waals surface area contributed by atoms with Crippen molar-refractivity contribution in [2.75, 3.05) is 6.54 Å². The van der Waals surface area contributed by atoms with Crippen LogP contribution in [0.2, 0.25) is 0 Å². The average molecular weight is 256 g/mol. The smallest absolute Gasteiger partial charge is 0.0346 e. The van der Waals surface area contributed by atoms with Gasteiger partial charge in [-0.1, -0.05) is 39.0 Å². The fraction of sp³-hybridized carbons (Fsp3) is 0.471. The van der Waals surface area contributed by atoms with E-state index in [0.29, 0.717) is 12.0 Å². The summed E-state index contributed by atoms with van der Waals surface area (Å²) in [7, 11) is 0. The van der Waals surface area contributed by atoms with Crippen molar-refractivity contribution in [1.82, 2.24) is 10.3 Å². The van der Waals surface area contributed by atoms with Crippen LogP contribution in [0, 0.1) is 5.92 Å². The zero-order valence-electron chi connectivity index (χ0n) is 12.2. The lowest BCUT2D eigenvalue weighted by Gasteiger charge is -2.22. The van der Waals surface area contributed by atoms with E-state index in [4.69, 9.17) is 0 Å². The Kier molecular flexibility index (Phi) is 4.92. The molecule has 0 radical (unpaired) electrons. The summed E-state index contributed by atoms with van der Waals surface area (Å²) in [6.07, 6.45) is 6.14.